The summed E-state index contributed by atoms with van der Waals surface area (Å²) in [6, 6.07) is 14.0. The van der Waals surface area contributed by atoms with E-state index in [2.05, 4.69) is 26.6 Å². The van der Waals surface area contributed by atoms with E-state index in [4.69, 9.17) is 5.26 Å². The summed E-state index contributed by atoms with van der Waals surface area (Å²) in [5.74, 6) is 0. The van der Waals surface area contributed by atoms with Gasteiger partial charge in [0, 0.05) is 15.8 Å². The molecule has 4 nitrogen and oxygen atoms in total. The smallest absolute Gasteiger partial charge is 0.308 e. The van der Waals surface area contributed by atoms with Gasteiger partial charge >= 0.3 is 6.03 Å². The number of benzene rings is 2. The molecule has 2 amide bonds. The van der Waals surface area contributed by atoms with E-state index in [0.29, 0.717) is 11.3 Å². The van der Waals surface area contributed by atoms with Crippen molar-refractivity contribution in [2.24, 2.45) is 0 Å². The van der Waals surface area contributed by atoms with Crippen LogP contribution in [0.25, 0.3) is 0 Å². The van der Waals surface area contributed by atoms with Gasteiger partial charge in [-0.15, -0.1) is 0 Å². The zero-order chi connectivity index (χ0) is 14.5. The highest BCUT2D eigenvalue weighted by molar-refractivity contribution is 9.10. The number of aryl methyl sites for hydroxylation is 1. The number of carbonyl (C=O) groups excluding carboxylic acids is 1. The summed E-state index contributed by atoms with van der Waals surface area (Å²) < 4.78 is 0.996. The van der Waals surface area contributed by atoms with Crippen molar-refractivity contribution < 1.29 is 4.79 Å². The molecule has 2 N–H and O–H groups in total. The molecule has 0 saturated heterocycles. The van der Waals surface area contributed by atoms with Gasteiger partial charge in [0.2, 0.25) is 0 Å². The Bertz CT molecular complexity index is 675. The van der Waals surface area contributed by atoms with E-state index in [1.54, 1.807) is 24.3 Å². The highest BCUT2D eigenvalue weighted by atomic mass is 79.9. The molecule has 0 unspecified atom stereocenters. The summed E-state index contributed by atoms with van der Waals surface area (Å²) in [6.45, 7) is 1.95. The normalized spacial score (nSPS) is 9.65. The van der Waals surface area contributed by atoms with Crippen LogP contribution >= 0.6 is 15.9 Å². The maximum Gasteiger partial charge on any atom is 0.323 e. The second-order valence-corrected chi connectivity index (χ2v) is 5.09. The number of carbonyl (C=O) groups is 1. The molecule has 0 atom stereocenters. The molecule has 2 aromatic carbocycles. The lowest BCUT2D eigenvalue weighted by Crippen LogP contribution is -2.19. The van der Waals surface area contributed by atoms with Crippen molar-refractivity contribution in [2.45, 2.75) is 6.92 Å². The minimum absolute atomic E-state index is 0.323. The fourth-order valence-electron chi connectivity index (χ4n) is 1.64. The molecule has 0 aromatic heterocycles. The minimum atomic E-state index is -0.323. The van der Waals surface area contributed by atoms with Crippen LogP contribution in [-0.4, -0.2) is 6.03 Å². The number of hydrogen-bond acceptors (Lipinski definition) is 2. The van der Waals surface area contributed by atoms with Gasteiger partial charge in [0.1, 0.15) is 0 Å². The van der Waals surface area contributed by atoms with Crippen molar-refractivity contribution in [3.63, 3.8) is 0 Å². The molecule has 0 fully saturated rings. The van der Waals surface area contributed by atoms with Gasteiger partial charge in [0.05, 0.1) is 11.6 Å². The molecule has 20 heavy (non-hydrogen) atoms. The van der Waals surface area contributed by atoms with Crippen LogP contribution in [0.1, 0.15) is 11.1 Å². The van der Waals surface area contributed by atoms with Crippen molar-refractivity contribution in [1.82, 2.24) is 0 Å². The van der Waals surface area contributed by atoms with Crippen molar-refractivity contribution >= 4 is 33.3 Å². The Morgan fingerprint density at radius 1 is 1.10 bits per heavy atom. The first-order valence-corrected chi connectivity index (χ1v) is 6.72. The van der Waals surface area contributed by atoms with Crippen molar-refractivity contribution in [2.75, 3.05) is 10.6 Å². The van der Waals surface area contributed by atoms with Crippen LogP contribution in [0.15, 0.2) is 46.9 Å². The Kier molecular flexibility index (Phi) is 4.38. The lowest BCUT2D eigenvalue weighted by molar-refractivity contribution is 0.262. The fourth-order valence-corrected chi connectivity index (χ4v) is 1.89. The SMILES string of the molecule is Cc1cc(NC(=O)Nc2ccc(C#N)cc2)ccc1Br. The highest BCUT2D eigenvalue weighted by Gasteiger charge is 2.04. The highest BCUT2D eigenvalue weighted by Crippen LogP contribution is 2.20. The molecule has 0 aliphatic heterocycles. The van der Waals surface area contributed by atoms with Crippen molar-refractivity contribution in [3.05, 3.63) is 58.1 Å². The second-order valence-electron chi connectivity index (χ2n) is 4.23. The third kappa shape index (κ3) is 3.59. The first-order chi connectivity index (χ1) is 9.58. The second kappa shape index (κ2) is 6.22. The molecule has 0 saturated carbocycles. The van der Waals surface area contributed by atoms with Crippen LogP contribution in [0.5, 0.6) is 0 Å². The molecular formula is C15H12BrN3O. The predicted octanol–water partition coefficient (Wildman–Crippen LogP) is 4.27. The third-order valence-corrected chi connectivity index (χ3v) is 3.58. The minimum Gasteiger partial charge on any atom is -0.308 e. The number of urea groups is 1. The molecule has 0 radical (unpaired) electrons. The van der Waals surface area contributed by atoms with E-state index in [1.807, 2.05) is 31.2 Å². The average molecular weight is 330 g/mol. The molecule has 0 aliphatic carbocycles. The third-order valence-electron chi connectivity index (χ3n) is 2.69. The van der Waals surface area contributed by atoms with Gasteiger partial charge in [-0.3, -0.25) is 0 Å². The summed E-state index contributed by atoms with van der Waals surface area (Å²) >= 11 is 3.41. The summed E-state index contributed by atoms with van der Waals surface area (Å²) in [6.07, 6.45) is 0. The largest absolute Gasteiger partial charge is 0.323 e. The topological polar surface area (TPSA) is 64.9 Å². The zero-order valence-corrected chi connectivity index (χ0v) is 12.4. The Balaban J connectivity index is 2.01. The van der Waals surface area contributed by atoms with Crippen LogP contribution in [0.2, 0.25) is 0 Å². The van der Waals surface area contributed by atoms with E-state index in [0.717, 1.165) is 15.7 Å². The van der Waals surface area contributed by atoms with Crippen molar-refractivity contribution in [1.29, 1.82) is 5.26 Å². The standard InChI is InChI=1S/C15H12BrN3O/c1-10-8-13(6-7-14(10)16)19-15(20)18-12-4-2-11(9-17)3-5-12/h2-8H,1H3,(H2,18,19,20). The number of halogens is 1. The van der Waals surface area contributed by atoms with Gasteiger partial charge in [-0.2, -0.15) is 5.26 Å². The lowest BCUT2D eigenvalue weighted by atomic mass is 10.2. The van der Waals surface area contributed by atoms with E-state index >= 15 is 0 Å². The predicted molar refractivity (Wildman–Crippen MR) is 82.7 cm³/mol. The molecule has 2 aromatic rings. The molecule has 0 heterocycles. The van der Waals surface area contributed by atoms with Crippen LogP contribution in [-0.2, 0) is 0 Å². The number of nitrogens with one attached hydrogen (secondary N) is 2. The Morgan fingerprint density at radius 3 is 2.30 bits per heavy atom. The monoisotopic (exact) mass is 329 g/mol. The van der Waals surface area contributed by atoms with Crippen LogP contribution in [0.3, 0.4) is 0 Å². The van der Waals surface area contributed by atoms with E-state index in [9.17, 15) is 4.79 Å². The molecule has 0 bridgehead atoms. The van der Waals surface area contributed by atoms with Gasteiger partial charge in [0.15, 0.2) is 0 Å². The van der Waals surface area contributed by atoms with E-state index in [1.165, 1.54) is 0 Å². The van der Waals surface area contributed by atoms with Gasteiger partial charge < -0.3 is 10.6 Å². The number of nitriles is 1. The van der Waals surface area contributed by atoms with Crippen LogP contribution in [0, 0.1) is 18.3 Å². The van der Waals surface area contributed by atoms with Crippen LogP contribution in [0.4, 0.5) is 16.2 Å². The molecule has 2 rings (SSSR count). The number of amides is 2. The Labute approximate surface area is 125 Å². The lowest BCUT2D eigenvalue weighted by Gasteiger charge is -2.09. The average Bonchev–Trinajstić information content (AvgIpc) is 2.44. The molecule has 0 spiro atoms. The molecule has 100 valence electrons. The number of rotatable bonds is 2. The summed E-state index contributed by atoms with van der Waals surface area (Å²) in [7, 11) is 0. The van der Waals surface area contributed by atoms with Gasteiger partial charge in [0.25, 0.3) is 0 Å². The molecular weight excluding hydrogens is 318 g/mol. The van der Waals surface area contributed by atoms with Crippen LogP contribution < -0.4 is 10.6 Å². The zero-order valence-electron chi connectivity index (χ0n) is 10.8. The number of nitrogens with zero attached hydrogens (tertiary/aromatic N) is 1. The summed E-state index contributed by atoms with van der Waals surface area (Å²) in [5.41, 5.74) is 2.95. The Morgan fingerprint density at radius 2 is 1.70 bits per heavy atom. The Hall–Kier alpha value is -2.32. The van der Waals surface area contributed by atoms with Gasteiger partial charge in [-0.25, -0.2) is 4.79 Å². The maximum absolute atomic E-state index is 11.8. The van der Waals surface area contributed by atoms with Gasteiger partial charge in [-0.05, 0) is 55.0 Å². The molecule has 0 aliphatic rings. The number of anilines is 2. The summed E-state index contributed by atoms with van der Waals surface area (Å²) in [4.78, 5) is 11.8. The maximum atomic E-state index is 11.8. The van der Waals surface area contributed by atoms with E-state index in [-0.39, 0.29) is 6.03 Å². The molecule has 5 heteroatoms. The first-order valence-electron chi connectivity index (χ1n) is 5.93. The summed E-state index contributed by atoms with van der Waals surface area (Å²) in [5, 5.41) is 14.2. The van der Waals surface area contributed by atoms with Crippen molar-refractivity contribution in [3.8, 4) is 6.07 Å². The van der Waals surface area contributed by atoms with E-state index < -0.39 is 0 Å². The quantitative estimate of drug-likeness (QED) is 0.863. The number of hydrogen-bond donors (Lipinski definition) is 2. The fraction of sp³-hybridized carbons (Fsp3) is 0.0667. The van der Waals surface area contributed by atoms with Gasteiger partial charge in [-0.1, -0.05) is 15.9 Å². The first kappa shape index (κ1) is 14.1.